The molecular weight excluding hydrogens is 598 g/mol. The fraction of sp³-hybridized carbons (Fsp3) is 0.273. The van der Waals surface area contributed by atoms with Crippen LogP contribution in [-0.4, -0.2) is 63.8 Å². The molecule has 0 aliphatic carbocycles. The Kier molecular flexibility index (Phi) is 7.77. The summed E-state index contributed by atoms with van der Waals surface area (Å²) in [4.78, 5) is 24.0. The maximum Gasteiger partial charge on any atom is 0.410 e. The smallest absolute Gasteiger partial charge is 0.410 e. The van der Waals surface area contributed by atoms with Crippen LogP contribution in [0.5, 0.6) is 5.75 Å². The van der Waals surface area contributed by atoms with Crippen LogP contribution in [0.1, 0.15) is 26.5 Å². The van der Waals surface area contributed by atoms with E-state index in [1.165, 1.54) is 18.4 Å². The molecule has 1 aliphatic heterocycles. The molecule has 9 nitrogen and oxygen atoms in total. The van der Waals surface area contributed by atoms with Gasteiger partial charge in [0.2, 0.25) is 0 Å². The molecule has 5 aromatic rings. The third kappa shape index (κ3) is 5.85. The lowest BCUT2D eigenvalue weighted by atomic mass is 9.96. The van der Waals surface area contributed by atoms with E-state index in [-0.39, 0.29) is 29.2 Å². The molecule has 1 aliphatic rings. The van der Waals surface area contributed by atoms with Crippen molar-refractivity contribution >= 4 is 49.8 Å². The Morgan fingerprint density at radius 3 is 2.69 bits per heavy atom. The predicted octanol–water partition coefficient (Wildman–Crippen LogP) is 6.80. The van der Waals surface area contributed by atoms with Gasteiger partial charge in [-0.2, -0.15) is 5.10 Å². The fourth-order valence-corrected chi connectivity index (χ4v) is 6.36. The fourth-order valence-electron chi connectivity index (χ4n) is 5.41. The number of benzene rings is 2. The van der Waals surface area contributed by atoms with Crippen LogP contribution in [0.15, 0.2) is 59.0 Å². The molecule has 0 saturated carbocycles. The molecule has 0 saturated heterocycles. The zero-order valence-corrected chi connectivity index (χ0v) is 26.3. The Morgan fingerprint density at radius 1 is 1.13 bits per heavy atom. The van der Waals surface area contributed by atoms with Gasteiger partial charge in [0.1, 0.15) is 23.0 Å². The van der Waals surface area contributed by atoms with Crippen LogP contribution in [-0.2, 0) is 11.8 Å². The van der Waals surface area contributed by atoms with Crippen LogP contribution in [0, 0.1) is 11.6 Å². The maximum atomic E-state index is 15.7. The van der Waals surface area contributed by atoms with Crippen molar-refractivity contribution in [1.82, 2.24) is 19.7 Å². The van der Waals surface area contributed by atoms with Crippen molar-refractivity contribution < 1.29 is 23.0 Å². The Bertz CT molecular complexity index is 2020. The highest BCUT2D eigenvalue weighted by molar-refractivity contribution is 7.18. The first-order valence-electron chi connectivity index (χ1n) is 14.3. The van der Waals surface area contributed by atoms with Gasteiger partial charge >= 0.3 is 6.09 Å². The van der Waals surface area contributed by atoms with Gasteiger partial charge in [-0.1, -0.05) is 6.07 Å². The number of amides is 1. The first kappa shape index (κ1) is 30.2. The first-order valence-corrected chi connectivity index (χ1v) is 15.2. The minimum atomic E-state index is -0.812. The number of thiophene rings is 1. The van der Waals surface area contributed by atoms with E-state index in [1.807, 2.05) is 57.5 Å². The van der Waals surface area contributed by atoms with Gasteiger partial charge in [0.05, 0.1) is 60.3 Å². The zero-order chi connectivity index (χ0) is 32.0. The molecular formula is C33H32F2N6O3S. The summed E-state index contributed by atoms with van der Waals surface area (Å²) in [6.07, 6.45) is 2.97. The van der Waals surface area contributed by atoms with Crippen molar-refractivity contribution in [2.24, 2.45) is 17.8 Å². The first-order chi connectivity index (χ1) is 21.4. The normalized spacial score (nSPS) is 14.2. The SMILES string of the molecule is COc1cc(F)cc(F)c1-c1c(/C(N)=C/C2=NCCN(C(=O)OC(C)(C)C)C2)nc(-c2ccc3c(cnn3C)c2)c2ccsc12. The van der Waals surface area contributed by atoms with E-state index in [0.29, 0.717) is 34.8 Å². The second-order valence-corrected chi connectivity index (χ2v) is 12.6. The van der Waals surface area contributed by atoms with Crippen LogP contribution in [0.4, 0.5) is 13.6 Å². The lowest BCUT2D eigenvalue weighted by molar-refractivity contribution is 0.0278. The molecule has 2 N–H and O–H groups in total. The Balaban J connectivity index is 1.54. The van der Waals surface area contributed by atoms with E-state index in [1.54, 1.807) is 21.9 Å². The molecule has 0 radical (unpaired) electrons. The van der Waals surface area contributed by atoms with Gasteiger partial charge in [-0.3, -0.25) is 9.67 Å². The number of hydrogen-bond acceptors (Lipinski definition) is 8. The molecule has 0 fully saturated rings. The zero-order valence-electron chi connectivity index (χ0n) is 25.5. The summed E-state index contributed by atoms with van der Waals surface area (Å²) in [5.41, 5.74) is 9.97. The van der Waals surface area contributed by atoms with Crippen LogP contribution in [0.25, 0.3) is 49.1 Å². The van der Waals surface area contributed by atoms with Gasteiger partial charge in [-0.15, -0.1) is 11.3 Å². The highest BCUT2D eigenvalue weighted by Crippen LogP contribution is 2.45. The number of aryl methyl sites for hydroxylation is 1. The second-order valence-electron chi connectivity index (χ2n) is 11.7. The van der Waals surface area contributed by atoms with E-state index >= 15 is 4.39 Å². The van der Waals surface area contributed by atoms with E-state index in [9.17, 15) is 9.18 Å². The second kappa shape index (κ2) is 11.6. The van der Waals surface area contributed by atoms with Crippen molar-refractivity contribution in [3.63, 3.8) is 0 Å². The number of nitrogens with two attached hydrogens (primary N) is 1. The lowest BCUT2D eigenvalue weighted by Crippen LogP contribution is -2.43. The van der Waals surface area contributed by atoms with E-state index in [2.05, 4.69) is 10.1 Å². The standard InChI is InChI=1S/C33H32F2N6O3S/c1-33(2,3)44-32(42)41-10-9-37-21(17-41)15-24(36)30-28(27-23(35)13-20(34)14-26(27)43-5)31-22(8-11-45-31)29(39-30)18-6-7-25-19(12-18)16-38-40(25)4/h6-8,11-16H,9-10,17,36H2,1-5H3/b24-15-. The van der Waals surface area contributed by atoms with Crippen molar-refractivity contribution in [3.05, 3.63) is 71.4 Å². The number of aliphatic imine (C=N–C) groups is 1. The van der Waals surface area contributed by atoms with Gasteiger partial charge in [0.25, 0.3) is 0 Å². The number of methoxy groups -OCH3 is 1. The van der Waals surface area contributed by atoms with Crippen LogP contribution >= 0.6 is 11.3 Å². The van der Waals surface area contributed by atoms with Crippen LogP contribution in [0.3, 0.4) is 0 Å². The van der Waals surface area contributed by atoms with Gasteiger partial charge < -0.3 is 20.1 Å². The molecule has 0 spiro atoms. The molecule has 0 atom stereocenters. The highest BCUT2D eigenvalue weighted by Gasteiger charge is 2.27. The minimum absolute atomic E-state index is 0.00804. The summed E-state index contributed by atoms with van der Waals surface area (Å²) in [5.74, 6) is -1.57. The van der Waals surface area contributed by atoms with E-state index in [4.69, 9.17) is 20.2 Å². The summed E-state index contributed by atoms with van der Waals surface area (Å²) in [6, 6.07) is 9.78. The molecule has 232 valence electrons. The van der Waals surface area contributed by atoms with Crippen LogP contribution in [0.2, 0.25) is 0 Å². The van der Waals surface area contributed by atoms with E-state index in [0.717, 1.165) is 34.0 Å². The molecule has 4 heterocycles. The molecule has 1 amide bonds. The maximum absolute atomic E-state index is 15.7. The largest absolute Gasteiger partial charge is 0.496 e. The van der Waals surface area contributed by atoms with Gasteiger partial charge in [-0.05, 0) is 50.4 Å². The van der Waals surface area contributed by atoms with Crippen molar-refractivity contribution in [2.45, 2.75) is 26.4 Å². The number of pyridine rings is 1. The number of ether oxygens (including phenoxy) is 2. The number of carbonyl (C=O) groups is 1. The predicted molar refractivity (Wildman–Crippen MR) is 174 cm³/mol. The summed E-state index contributed by atoms with van der Waals surface area (Å²) in [5, 5.41) is 7.95. The number of hydrogen-bond donors (Lipinski definition) is 1. The molecule has 3 aromatic heterocycles. The topological polar surface area (TPSA) is 108 Å². The summed E-state index contributed by atoms with van der Waals surface area (Å²) in [6.45, 7) is 6.35. The van der Waals surface area contributed by atoms with Crippen molar-refractivity contribution in [2.75, 3.05) is 26.7 Å². The molecule has 12 heteroatoms. The number of rotatable bonds is 5. The summed E-state index contributed by atoms with van der Waals surface area (Å²) < 4.78 is 43.5. The van der Waals surface area contributed by atoms with Crippen molar-refractivity contribution in [1.29, 1.82) is 0 Å². The molecule has 2 aromatic carbocycles. The van der Waals surface area contributed by atoms with Gasteiger partial charge in [0.15, 0.2) is 0 Å². The van der Waals surface area contributed by atoms with E-state index < -0.39 is 23.3 Å². The molecule has 0 bridgehead atoms. The number of halogens is 2. The third-order valence-electron chi connectivity index (χ3n) is 7.40. The molecule has 45 heavy (non-hydrogen) atoms. The average molecular weight is 631 g/mol. The third-order valence-corrected chi connectivity index (χ3v) is 8.33. The van der Waals surface area contributed by atoms with Crippen molar-refractivity contribution in [3.8, 4) is 28.1 Å². The minimum Gasteiger partial charge on any atom is -0.496 e. The highest BCUT2D eigenvalue weighted by atomic mass is 32.1. The number of carbonyl (C=O) groups excluding carboxylic acids is 1. The number of nitrogens with zero attached hydrogens (tertiary/aromatic N) is 5. The van der Waals surface area contributed by atoms with Crippen LogP contribution < -0.4 is 10.5 Å². The average Bonchev–Trinajstić information content (AvgIpc) is 3.62. The monoisotopic (exact) mass is 630 g/mol. The quantitative estimate of drug-likeness (QED) is 0.229. The Morgan fingerprint density at radius 2 is 1.93 bits per heavy atom. The van der Waals surface area contributed by atoms with Gasteiger partial charge in [0, 0.05) is 52.3 Å². The lowest BCUT2D eigenvalue weighted by Gasteiger charge is -2.29. The molecule has 0 unspecified atom stereocenters. The number of fused-ring (bicyclic) bond motifs is 2. The number of aromatic nitrogens is 3. The Labute approximate surface area is 262 Å². The molecule has 6 rings (SSSR count). The summed E-state index contributed by atoms with van der Waals surface area (Å²) >= 11 is 1.39. The Hall–Kier alpha value is -4.84. The van der Waals surface area contributed by atoms with Gasteiger partial charge in [-0.25, -0.2) is 18.6 Å². The summed E-state index contributed by atoms with van der Waals surface area (Å²) in [7, 11) is 3.23.